The maximum atomic E-state index is 12.2. The molecule has 1 aromatic heterocycles. The standard InChI is InChI=1S/C18H28N4O.2ClH/c1-3-10-22(4-2)11-9-20-18(23)16(19)12-14-13-21-17-8-6-5-7-15(14)17;;/h5-8,13,16,21H,3-4,9-12,19H2,1-2H3,(H,20,23);2*1H/t16-;;/m0../s1. The molecule has 4 N–H and O–H groups in total. The highest BCUT2D eigenvalue weighted by atomic mass is 35.5. The largest absolute Gasteiger partial charge is 0.361 e. The van der Waals surface area contributed by atoms with E-state index in [9.17, 15) is 4.79 Å². The zero-order valence-corrected chi connectivity index (χ0v) is 16.6. The number of rotatable bonds is 9. The third kappa shape index (κ3) is 6.86. The average molecular weight is 389 g/mol. The number of benzene rings is 1. The van der Waals surface area contributed by atoms with Crippen molar-refractivity contribution in [2.75, 3.05) is 26.2 Å². The number of likely N-dealkylation sites (N-methyl/N-ethyl adjacent to an activating group) is 1. The maximum Gasteiger partial charge on any atom is 0.237 e. The third-order valence-electron chi connectivity index (χ3n) is 4.17. The van der Waals surface area contributed by atoms with E-state index in [0.29, 0.717) is 13.0 Å². The molecule has 1 amide bonds. The molecule has 142 valence electrons. The van der Waals surface area contributed by atoms with Crippen molar-refractivity contribution in [3.05, 3.63) is 36.0 Å². The lowest BCUT2D eigenvalue weighted by atomic mass is 10.1. The summed E-state index contributed by atoms with van der Waals surface area (Å²) in [5.74, 6) is -0.0807. The SMILES string of the molecule is CCCN(CC)CCNC(=O)[C@@H](N)Cc1c[nH]c2ccccc12.Cl.Cl. The van der Waals surface area contributed by atoms with Gasteiger partial charge < -0.3 is 20.9 Å². The number of nitrogens with one attached hydrogen (secondary N) is 2. The van der Waals surface area contributed by atoms with Crippen LogP contribution in [0.4, 0.5) is 0 Å². The van der Waals surface area contributed by atoms with Crippen molar-refractivity contribution >= 4 is 41.6 Å². The number of hydrogen-bond donors (Lipinski definition) is 3. The predicted molar refractivity (Wildman–Crippen MR) is 110 cm³/mol. The third-order valence-corrected chi connectivity index (χ3v) is 4.17. The van der Waals surface area contributed by atoms with Crippen molar-refractivity contribution in [2.24, 2.45) is 5.73 Å². The van der Waals surface area contributed by atoms with Crippen molar-refractivity contribution in [1.82, 2.24) is 15.2 Å². The molecule has 0 unspecified atom stereocenters. The molecule has 0 bridgehead atoms. The lowest BCUT2D eigenvalue weighted by Crippen LogP contribution is -2.44. The maximum absolute atomic E-state index is 12.2. The molecule has 1 aromatic carbocycles. The van der Waals surface area contributed by atoms with Gasteiger partial charge in [-0.3, -0.25) is 4.79 Å². The van der Waals surface area contributed by atoms with Crippen LogP contribution in [-0.2, 0) is 11.2 Å². The Balaban J connectivity index is 0.00000288. The number of aromatic amines is 1. The Labute approximate surface area is 162 Å². The molecule has 2 rings (SSSR count). The van der Waals surface area contributed by atoms with Gasteiger partial charge in [0, 0.05) is 30.2 Å². The van der Waals surface area contributed by atoms with E-state index < -0.39 is 6.04 Å². The summed E-state index contributed by atoms with van der Waals surface area (Å²) in [6.07, 6.45) is 3.61. The summed E-state index contributed by atoms with van der Waals surface area (Å²) in [6.45, 7) is 7.89. The van der Waals surface area contributed by atoms with Crippen molar-refractivity contribution in [1.29, 1.82) is 0 Å². The van der Waals surface area contributed by atoms with E-state index in [4.69, 9.17) is 5.73 Å². The summed E-state index contributed by atoms with van der Waals surface area (Å²) in [6, 6.07) is 7.55. The fourth-order valence-corrected chi connectivity index (χ4v) is 2.84. The second-order valence-corrected chi connectivity index (χ2v) is 5.90. The van der Waals surface area contributed by atoms with E-state index in [1.807, 2.05) is 24.4 Å². The van der Waals surface area contributed by atoms with Gasteiger partial charge in [-0.15, -0.1) is 24.8 Å². The van der Waals surface area contributed by atoms with Gasteiger partial charge >= 0.3 is 0 Å². The van der Waals surface area contributed by atoms with Gasteiger partial charge in [-0.05, 0) is 37.6 Å². The Morgan fingerprint density at radius 2 is 1.96 bits per heavy atom. The second-order valence-electron chi connectivity index (χ2n) is 5.90. The normalized spacial score (nSPS) is 11.7. The van der Waals surface area contributed by atoms with E-state index in [2.05, 4.69) is 35.1 Å². The summed E-state index contributed by atoms with van der Waals surface area (Å²) in [7, 11) is 0. The molecule has 25 heavy (non-hydrogen) atoms. The summed E-state index contributed by atoms with van der Waals surface area (Å²) < 4.78 is 0. The summed E-state index contributed by atoms with van der Waals surface area (Å²) >= 11 is 0. The first kappa shape index (κ1) is 23.7. The molecule has 7 heteroatoms. The number of para-hydroxylation sites is 1. The minimum Gasteiger partial charge on any atom is -0.361 e. The zero-order valence-electron chi connectivity index (χ0n) is 15.0. The number of halogens is 2. The Bertz CT molecular complexity index is 632. The summed E-state index contributed by atoms with van der Waals surface area (Å²) in [4.78, 5) is 17.7. The van der Waals surface area contributed by atoms with Gasteiger partial charge in [0.2, 0.25) is 5.91 Å². The van der Waals surface area contributed by atoms with Crippen LogP contribution in [0.25, 0.3) is 10.9 Å². The zero-order chi connectivity index (χ0) is 16.7. The van der Waals surface area contributed by atoms with Crippen LogP contribution >= 0.6 is 24.8 Å². The number of nitrogens with two attached hydrogens (primary N) is 1. The topological polar surface area (TPSA) is 74.2 Å². The van der Waals surface area contributed by atoms with Gasteiger partial charge in [0.25, 0.3) is 0 Å². The van der Waals surface area contributed by atoms with E-state index in [0.717, 1.165) is 42.5 Å². The average Bonchev–Trinajstić information content (AvgIpc) is 2.97. The van der Waals surface area contributed by atoms with Gasteiger partial charge in [-0.2, -0.15) is 0 Å². The summed E-state index contributed by atoms with van der Waals surface area (Å²) in [5.41, 5.74) is 8.23. The highest BCUT2D eigenvalue weighted by Gasteiger charge is 2.16. The fourth-order valence-electron chi connectivity index (χ4n) is 2.84. The first-order valence-electron chi connectivity index (χ1n) is 8.46. The molecule has 0 aliphatic heterocycles. The van der Waals surface area contributed by atoms with Crippen molar-refractivity contribution in [2.45, 2.75) is 32.7 Å². The molecule has 0 spiro atoms. The number of amides is 1. The van der Waals surface area contributed by atoms with Gasteiger partial charge in [0.15, 0.2) is 0 Å². The van der Waals surface area contributed by atoms with Crippen LogP contribution in [0, 0.1) is 0 Å². The molecule has 1 atom stereocenters. The molecule has 0 aliphatic rings. The number of carbonyl (C=O) groups is 1. The second kappa shape index (κ2) is 12.1. The number of nitrogens with zero attached hydrogens (tertiary/aromatic N) is 1. The molecule has 0 radical (unpaired) electrons. The summed E-state index contributed by atoms with van der Waals surface area (Å²) in [5, 5.41) is 4.09. The number of hydrogen-bond acceptors (Lipinski definition) is 3. The Morgan fingerprint density at radius 1 is 1.24 bits per heavy atom. The van der Waals surface area contributed by atoms with Crippen LogP contribution in [-0.4, -0.2) is 48.0 Å². The van der Waals surface area contributed by atoms with Crippen LogP contribution in [0.2, 0.25) is 0 Å². The van der Waals surface area contributed by atoms with Crippen molar-refractivity contribution in [3.8, 4) is 0 Å². The molecular weight excluding hydrogens is 359 g/mol. The Morgan fingerprint density at radius 3 is 2.64 bits per heavy atom. The number of aromatic nitrogens is 1. The molecule has 5 nitrogen and oxygen atoms in total. The molecule has 1 heterocycles. The smallest absolute Gasteiger partial charge is 0.237 e. The first-order chi connectivity index (χ1) is 11.2. The molecule has 0 aliphatic carbocycles. The monoisotopic (exact) mass is 388 g/mol. The van der Waals surface area contributed by atoms with E-state index in [1.54, 1.807) is 0 Å². The van der Waals surface area contributed by atoms with Gasteiger partial charge in [-0.25, -0.2) is 0 Å². The van der Waals surface area contributed by atoms with Crippen LogP contribution < -0.4 is 11.1 Å². The van der Waals surface area contributed by atoms with Crippen LogP contribution in [0.1, 0.15) is 25.8 Å². The van der Waals surface area contributed by atoms with Crippen molar-refractivity contribution < 1.29 is 4.79 Å². The van der Waals surface area contributed by atoms with E-state index in [1.165, 1.54) is 0 Å². The number of H-pyrrole nitrogens is 1. The van der Waals surface area contributed by atoms with Gasteiger partial charge in [0.05, 0.1) is 6.04 Å². The molecular formula is C18H30Cl2N4O. The molecule has 2 aromatic rings. The molecule has 0 saturated heterocycles. The van der Waals surface area contributed by atoms with Crippen molar-refractivity contribution in [3.63, 3.8) is 0 Å². The minimum atomic E-state index is -0.518. The van der Waals surface area contributed by atoms with E-state index >= 15 is 0 Å². The number of carbonyl (C=O) groups excluding carboxylic acids is 1. The van der Waals surface area contributed by atoms with E-state index in [-0.39, 0.29) is 30.7 Å². The highest BCUT2D eigenvalue weighted by molar-refractivity contribution is 5.86. The van der Waals surface area contributed by atoms with Gasteiger partial charge in [-0.1, -0.05) is 32.0 Å². The minimum absolute atomic E-state index is 0. The Kier molecular flexibility index (Phi) is 11.5. The quantitative estimate of drug-likeness (QED) is 0.618. The number of fused-ring (bicyclic) bond motifs is 1. The van der Waals surface area contributed by atoms with Crippen LogP contribution in [0.15, 0.2) is 30.5 Å². The Hall–Kier alpha value is -1.27. The fraction of sp³-hybridized carbons (Fsp3) is 0.500. The van der Waals surface area contributed by atoms with Crippen LogP contribution in [0.5, 0.6) is 0 Å². The lowest BCUT2D eigenvalue weighted by Gasteiger charge is -2.20. The lowest BCUT2D eigenvalue weighted by molar-refractivity contribution is -0.122. The highest BCUT2D eigenvalue weighted by Crippen LogP contribution is 2.18. The predicted octanol–water partition coefficient (Wildman–Crippen LogP) is 2.73. The molecule has 0 saturated carbocycles. The first-order valence-corrected chi connectivity index (χ1v) is 8.46. The van der Waals surface area contributed by atoms with Gasteiger partial charge in [0.1, 0.15) is 0 Å². The van der Waals surface area contributed by atoms with Crippen LogP contribution in [0.3, 0.4) is 0 Å². The molecule has 0 fully saturated rings.